The Labute approximate surface area is 151 Å². The summed E-state index contributed by atoms with van der Waals surface area (Å²) in [6.45, 7) is 10.2. The zero-order valence-electron chi connectivity index (χ0n) is 16.1. The van der Waals surface area contributed by atoms with Crippen LogP contribution in [0, 0.1) is 0 Å². The predicted molar refractivity (Wildman–Crippen MR) is 97.6 cm³/mol. The molecule has 1 aromatic heterocycles. The average molecular weight is 348 g/mol. The zero-order chi connectivity index (χ0) is 18.0. The second-order valence-electron chi connectivity index (χ2n) is 7.74. The molecule has 0 N–H and O–H groups in total. The molecule has 2 aliphatic rings. The van der Waals surface area contributed by atoms with Crippen LogP contribution in [-0.4, -0.2) is 69.4 Å². The first-order valence-corrected chi connectivity index (χ1v) is 9.63. The Hall–Kier alpha value is -1.40. The number of rotatable bonds is 4. The SMILES string of the molecule is CCN(C(=O)c1ccnn1C)C1CCOC2(CCN(C(C)C)CC2)C1. The molecule has 1 atom stereocenters. The summed E-state index contributed by atoms with van der Waals surface area (Å²) in [7, 11) is 1.83. The van der Waals surface area contributed by atoms with Crippen molar-refractivity contribution in [2.24, 2.45) is 7.05 Å². The third-order valence-electron chi connectivity index (χ3n) is 5.99. The molecule has 2 fully saturated rings. The van der Waals surface area contributed by atoms with Gasteiger partial charge in [0, 0.05) is 51.6 Å². The minimum atomic E-state index is -0.0472. The second kappa shape index (κ2) is 7.46. The first kappa shape index (κ1) is 18.4. The van der Waals surface area contributed by atoms with Gasteiger partial charge in [-0.05, 0) is 52.5 Å². The molecule has 2 saturated heterocycles. The molecule has 3 heterocycles. The standard InChI is InChI=1S/C19H32N4O2/c1-5-23(18(24)17-6-10-20-21(17)4)16-7-13-25-19(14-16)8-11-22(12-9-19)15(2)3/h6,10,15-16H,5,7-9,11-14H2,1-4H3. The van der Waals surface area contributed by atoms with E-state index in [1.54, 1.807) is 16.9 Å². The van der Waals surface area contributed by atoms with Crippen LogP contribution in [0.4, 0.5) is 0 Å². The summed E-state index contributed by atoms with van der Waals surface area (Å²) in [4.78, 5) is 17.5. The van der Waals surface area contributed by atoms with E-state index in [1.807, 2.05) is 11.9 Å². The molecule has 0 bridgehead atoms. The van der Waals surface area contributed by atoms with Crippen LogP contribution in [0.3, 0.4) is 0 Å². The number of hydrogen-bond donors (Lipinski definition) is 0. The highest BCUT2D eigenvalue weighted by Crippen LogP contribution is 2.37. The van der Waals surface area contributed by atoms with E-state index in [0.717, 1.165) is 51.9 Å². The van der Waals surface area contributed by atoms with Gasteiger partial charge in [0.15, 0.2) is 0 Å². The summed E-state index contributed by atoms with van der Waals surface area (Å²) in [5.74, 6) is 0.0872. The summed E-state index contributed by atoms with van der Waals surface area (Å²) < 4.78 is 7.94. The highest BCUT2D eigenvalue weighted by molar-refractivity contribution is 5.92. The van der Waals surface area contributed by atoms with Gasteiger partial charge in [0.25, 0.3) is 5.91 Å². The van der Waals surface area contributed by atoms with Crippen molar-refractivity contribution in [3.63, 3.8) is 0 Å². The molecule has 0 aromatic carbocycles. The lowest BCUT2D eigenvalue weighted by atomic mass is 9.81. The number of ether oxygens (including phenoxy) is 1. The summed E-state index contributed by atoms with van der Waals surface area (Å²) in [5.41, 5.74) is 0.617. The predicted octanol–water partition coefficient (Wildman–Crippen LogP) is 2.30. The van der Waals surface area contributed by atoms with Crippen molar-refractivity contribution in [2.45, 2.75) is 64.1 Å². The maximum absolute atomic E-state index is 13.0. The van der Waals surface area contributed by atoms with E-state index in [4.69, 9.17) is 4.74 Å². The third-order valence-corrected chi connectivity index (χ3v) is 5.99. The largest absolute Gasteiger partial charge is 0.375 e. The van der Waals surface area contributed by atoms with Crippen molar-refractivity contribution in [1.82, 2.24) is 19.6 Å². The highest BCUT2D eigenvalue weighted by Gasteiger charge is 2.43. The van der Waals surface area contributed by atoms with Crippen molar-refractivity contribution >= 4 is 5.91 Å². The Morgan fingerprint density at radius 1 is 1.44 bits per heavy atom. The van der Waals surface area contributed by atoms with Crippen molar-refractivity contribution in [3.05, 3.63) is 18.0 Å². The molecule has 140 valence electrons. The van der Waals surface area contributed by atoms with Crippen LogP contribution in [0.5, 0.6) is 0 Å². The van der Waals surface area contributed by atoms with Crippen LogP contribution in [0.15, 0.2) is 12.3 Å². The Kier molecular flexibility index (Phi) is 5.49. The summed E-state index contributed by atoms with van der Waals surface area (Å²) >= 11 is 0. The Bertz CT molecular complexity index is 590. The lowest BCUT2D eigenvalue weighted by molar-refractivity contribution is -0.131. The van der Waals surface area contributed by atoms with Gasteiger partial charge in [-0.1, -0.05) is 0 Å². The molecule has 25 heavy (non-hydrogen) atoms. The fraction of sp³-hybridized carbons (Fsp3) is 0.789. The van der Waals surface area contributed by atoms with Crippen LogP contribution in [0.1, 0.15) is 56.9 Å². The Morgan fingerprint density at radius 3 is 2.72 bits per heavy atom. The summed E-state index contributed by atoms with van der Waals surface area (Å²) in [5, 5.41) is 4.15. The van der Waals surface area contributed by atoms with E-state index in [2.05, 4.69) is 30.8 Å². The average Bonchev–Trinajstić information content (AvgIpc) is 3.02. The maximum atomic E-state index is 13.0. The number of hydrogen-bond acceptors (Lipinski definition) is 4. The van der Waals surface area contributed by atoms with Gasteiger partial charge in [-0.2, -0.15) is 5.10 Å². The first-order valence-electron chi connectivity index (χ1n) is 9.63. The zero-order valence-corrected chi connectivity index (χ0v) is 16.1. The van der Waals surface area contributed by atoms with Gasteiger partial charge >= 0.3 is 0 Å². The fourth-order valence-electron chi connectivity index (χ4n) is 4.36. The quantitative estimate of drug-likeness (QED) is 0.838. The minimum Gasteiger partial charge on any atom is -0.375 e. The molecule has 3 rings (SSSR count). The molecule has 2 aliphatic heterocycles. The molecule has 6 heteroatoms. The van der Waals surface area contributed by atoms with Crippen LogP contribution in [0.25, 0.3) is 0 Å². The molecule has 1 aromatic rings. The number of carbonyl (C=O) groups is 1. The number of amides is 1. The van der Waals surface area contributed by atoms with Gasteiger partial charge in [-0.15, -0.1) is 0 Å². The van der Waals surface area contributed by atoms with Gasteiger partial charge in [-0.25, -0.2) is 0 Å². The molecule has 0 aliphatic carbocycles. The smallest absolute Gasteiger partial charge is 0.272 e. The van der Waals surface area contributed by atoms with Crippen molar-refractivity contribution in [3.8, 4) is 0 Å². The minimum absolute atomic E-state index is 0.0472. The second-order valence-corrected chi connectivity index (χ2v) is 7.74. The van der Waals surface area contributed by atoms with E-state index in [1.165, 1.54) is 0 Å². The first-order chi connectivity index (χ1) is 12.0. The number of aryl methyl sites for hydroxylation is 1. The lowest BCUT2D eigenvalue weighted by Crippen LogP contribution is -2.55. The highest BCUT2D eigenvalue weighted by atomic mass is 16.5. The van der Waals surface area contributed by atoms with Gasteiger partial charge in [0.05, 0.1) is 5.60 Å². The van der Waals surface area contributed by atoms with E-state index in [9.17, 15) is 4.79 Å². The van der Waals surface area contributed by atoms with Gasteiger partial charge in [0.1, 0.15) is 5.69 Å². The fourth-order valence-corrected chi connectivity index (χ4v) is 4.36. The Morgan fingerprint density at radius 2 is 2.16 bits per heavy atom. The maximum Gasteiger partial charge on any atom is 0.272 e. The number of piperidine rings is 1. The lowest BCUT2D eigenvalue weighted by Gasteiger charge is -2.49. The summed E-state index contributed by atoms with van der Waals surface area (Å²) in [6, 6.07) is 2.66. The molecular formula is C19H32N4O2. The van der Waals surface area contributed by atoms with E-state index < -0.39 is 0 Å². The topological polar surface area (TPSA) is 50.6 Å². The van der Waals surface area contributed by atoms with Crippen LogP contribution >= 0.6 is 0 Å². The van der Waals surface area contributed by atoms with Crippen molar-refractivity contribution < 1.29 is 9.53 Å². The van der Waals surface area contributed by atoms with E-state index in [-0.39, 0.29) is 17.6 Å². The molecule has 0 saturated carbocycles. The summed E-state index contributed by atoms with van der Waals surface area (Å²) in [6.07, 6.45) is 5.70. The van der Waals surface area contributed by atoms with Crippen molar-refractivity contribution in [1.29, 1.82) is 0 Å². The molecule has 6 nitrogen and oxygen atoms in total. The van der Waals surface area contributed by atoms with Crippen LogP contribution in [-0.2, 0) is 11.8 Å². The number of likely N-dealkylation sites (tertiary alicyclic amines) is 1. The number of carbonyl (C=O) groups excluding carboxylic acids is 1. The van der Waals surface area contributed by atoms with E-state index in [0.29, 0.717) is 11.7 Å². The van der Waals surface area contributed by atoms with E-state index >= 15 is 0 Å². The number of aromatic nitrogens is 2. The monoisotopic (exact) mass is 348 g/mol. The normalized spacial score (nSPS) is 24.0. The molecular weight excluding hydrogens is 316 g/mol. The van der Waals surface area contributed by atoms with Crippen LogP contribution < -0.4 is 0 Å². The molecule has 1 unspecified atom stereocenters. The van der Waals surface area contributed by atoms with Gasteiger partial charge in [0.2, 0.25) is 0 Å². The van der Waals surface area contributed by atoms with Gasteiger partial charge in [-0.3, -0.25) is 9.48 Å². The van der Waals surface area contributed by atoms with Crippen LogP contribution in [0.2, 0.25) is 0 Å². The van der Waals surface area contributed by atoms with Gasteiger partial charge < -0.3 is 14.5 Å². The third kappa shape index (κ3) is 3.75. The molecule has 0 radical (unpaired) electrons. The Balaban J connectivity index is 1.70. The molecule has 1 spiro atoms. The number of nitrogens with zero attached hydrogens (tertiary/aromatic N) is 4. The van der Waals surface area contributed by atoms with Crippen molar-refractivity contribution in [2.75, 3.05) is 26.2 Å². The molecule has 1 amide bonds.